The van der Waals surface area contributed by atoms with Crippen molar-refractivity contribution in [3.05, 3.63) is 17.7 Å². The number of aromatic hydroxyl groups is 1. The zero-order chi connectivity index (χ0) is 13.5. The Labute approximate surface area is 112 Å². The number of hydrogen-bond acceptors (Lipinski definition) is 5. The summed E-state index contributed by atoms with van der Waals surface area (Å²) in [5.74, 6) is 1.58. The molecule has 5 nitrogen and oxygen atoms in total. The number of phenols is 1. The molecule has 19 heavy (non-hydrogen) atoms. The Bertz CT molecular complexity index is 487. The highest BCUT2D eigenvalue weighted by Gasteiger charge is 2.31. The average molecular weight is 265 g/mol. The van der Waals surface area contributed by atoms with Gasteiger partial charge in [-0.15, -0.1) is 0 Å². The van der Waals surface area contributed by atoms with E-state index in [2.05, 4.69) is 18.7 Å². The molecular weight excluding hydrogens is 246 g/mol. The predicted octanol–water partition coefficient (Wildman–Crippen LogP) is 1.73. The second-order valence-electron chi connectivity index (χ2n) is 5.62. The van der Waals surface area contributed by atoms with E-state index >= 15 is 0 Å². The van der Waals surface area contributed by atoms with Crippen molar-refractivity contribution in [3.8, 4) is 17.2 Å². The van der Waals surface area contributed by atoms with E-state index in [0.29, 0.717) is 24.7 Å². The molecule has 1 aromatic carbocycles. The summed E-state index contributed by atoms with van der Waals surface area (Å²) < 4.78 is 16.1. The van der Waals surface area contributed by atoms with E-state index in [-0.39, 0.29) is 18.1 Å². The van der Waals surface area contributed by atoms with Gasteiger partial charge in [-0.2, -0.15) is 0 Å². The minimum Gasteiger partial charge on any atom is -0.507 e. The summed E-state index contributed by atoms with van der Waals surface area (Å²) in [6.45, 7) is 7.50. The van der Waals surface area contributed by atoms with Crippen molar-refractivity contribution < 1.29 is 19.3 Å². The Morgan fingerprint density at radius 2 is 2.00 bits per heavy atom. The van der Waals surface area contributed by atoms with E-state index in [1.807, 2.05) is 6.07 Å². The second kappa shape index (κ2) is 4.58. The van der Waals surface area contributed by atoms with Gasteiger partial charge in [0.15, 0.2) is 11.5 Å². The Hall–Kier alpha value is -1.46. The molecule has 2 aliphatic heterocycles. The van der Waals surface area contributed by atoms with Crippen molar-refractivity contribution >= 4 is 0 Å². The van der Waals surface area contributed by atoms with E-state index in [4.69, 9.17) is 14.2 Å². The largest absolute Gasteiger partial charge is 0.507 e. The summed E-state index contributed by atoms with van der Waals surface area (Å²) in [5, 5.41) is 10.1. The van der Waals surface area contributed by atoms with Crippen molar-refractivity contribution in [1.29, 1.82) is 0 Å². The monoisotopic (exact) mass is 265 g/mol. The first-order valence-corrected chi connectivity index (χ1v) is 6.50. The molecule has 104 valence electrons. The molecule has 1 saturated heterocycles. The van der Waals surface area contributed by atoms with Crippen LogP contribution in [0.2, 0.25) is 0 Å². The van der Waals surface area contributed by atoms with Crippen molar-refractivity contribution in [3.63, 3.8) is 0 Å². The molecule has 0 spiro atoms. The molecule has 2 heterocycles. The number of fused-ring (bicyclic) bond motifs is 1. The van der Waals surface area contributed by atoms with Crippen molar-refractivity contribution in [2.45, 2.75) is 25.9 Å². The highest BCUT2D eigenvalue weighted by molar-refractivity contribution is 5.51. The molecule has 0 bridgehead atoms. The van der Waals surface area contributed by atoms with Gasteiger partial charge in [-0.05, 0) is 19.9 Å². The summed E-state index contributed by atoms with van der Waals surface area (Å²) >= 11 is 0. The number of rotatable bonds is 2. The number of hydrogen-bond donors (Lipinski definition) is 1. The lowest BCUT2D eigenvalue weighted by atomic mass is 10.0. The first kappa shape index (κ1) is 12.6. The lowest BCUT2D eigenvalue weighted by Crippen LogP contribution is -2.52. The third-order valence-electron chi connectivity index (χ3n) is 3.75. The van der Waals surface area contributed by atoms with Crippen LogP contribution in [0.3, 0.4) is 0 Å². The van der Waals surface area contributed by atoms with Crippen molar-refractivity contribution in [2.24, 2.45) is 0 Å². The van der Waals surface area contributed by atoms with Gasteiger partial charge in [0, 0.05) is 30.3 Å². The van der Waals surface area contributed by atoms with Gasteiger partial charge in [0.05, 0.1) is 13.2 Å². The first-order valence-electron chi connectivity index (χ1n) is 6.50. The fourth-order valence-corrected chi connectivity index (χ4v) is 2.49. The van der Waals surface area contributed by atoms with E-state index < -0.39 is 0 Å². The molecule has 0 aliphatic carbocycles. The van der Waals surface area contributed by atoms with Crippen LogP contribution in [-0.4, -0.2) is 42.1 Å². The maximum atomic E-state index is 10.1. The molecule has 0 atom stereocenters. The van der Waals surface area contributed by atoms with Gasteiger partial charge >= 0.3 is 0 Å². The van der Waals surface area contributed by atoms with Gasteiger partial charge in [0.2, 0.25) is 6.79 Å². The average Bonchev–Trinajstić information content (AvgIpc) is 2.79. The van der Waals surface area contributed by atoms with Crippen LogP contribution in [0.15, 0.2) is 12.1 Å². The number of benzene rings is 1. The molecule has 1 aromatic rings. The highest BCUT2D eigenvalue weighted by atomic mass is 16.7. The van der Waals surface area contributed by atoms with Crippen molar-refractivity contribution in [2.75, 3.05) is 26.6 Å². The molecule has 1 fully saturated rings. The second-order valence-corrected chi connectivity index (χ2v) is 5.62. The first-order chi connectivity index (χ1) is 9.06. The van der Waals surface area contributed by atoms with Crippen LogP contribution in [-0.2, 0) is 11.3 Å². The van der Waals surface area contributed by atoms with Gasteiger partial charge in [-0.25, -0.2) is 0 Å². The van der Waals surface area contributed by atoms with Gasteiger partial charge in [0.25, 0.3) is 0 Å². The number of morpholine rings is 1. The van der Waals surface area contributed by atoms with E-state index in [1.165, 1.54) is 0 Å². The summed E-state index contributed by atoms with van der Waals surface area (Å²) in [4.78, 5) is 2.31. The Balaban J connectivity index is 1.83. The molecule has 0 aromatic heterocycles. The molecule has 5 heteroatoms. The molecule has 2 aliphatic rings. The van der Waals surface area contributed by atoms with Crippen LogP contribution < -0.4 is 9.47 Å². The Morgan fingerprint density at radius 1 is 1.26 bits per heavy atom. The van der Waals surface area contributed by atoms with Crippen LogP contribution in [0.1, 0.15) is 19.4 Å². The predicted molar refractivity (Wildman–Crippen MR) is 69.5 cm³/mol. The quantitative estimate of drug-likeness (QED) is 0.882. The third-order valence-corrected chi connectivity index (χ3v) is 3.75. The molecule has 0 unspecified atom stereocenters. The maximum absolute atomic E-state index is 10.1. The molecule has 0 saturated carbocycles. The fourth-order valence-electron chi connectivity index (χ4n) is 2.49. The number of nitrogens with zero attached hydrogens (tertiary/aromatic N) is 1. The van der Waals surface area contributed by atoms with Crippen LogP contribution in [0.4, 0.5) is 0 Å². The van der Waals surface area contributed by atoms with Crippen LogP contribution in [0.25, 0.3) is 0 Å². The van der Waals surface area contributed by atoms with Gasteiger partial charge < -0.3 is 19.3 Å². The van der Waals surface area contributed by atoms with Gasteiger partial charge in [0.1, 0.15) is 5.75 Å². The summed E-state index contributed by atoms with van der Waals surface area (Å²) in [6.07, 6.45) is 0. The van der Waals surface area contributed by atoms with E-state index in [9.17, 15) is 5.11 Å². The zero-order valence-electron chi connectivity index (χ0n) is 11.3. The molecule has 0 radical (unpaired) electrons. The van der Waals surface area contributed by atoms with Crippen LogP contribution in [0, 0.1) is 0 Å². The SMILES string of the molecule is CC1(C)COCCN1Cc1cc2c(cc1O)OCO2. The normalized spacial score (nSPS) is 21.6. The summed E-state index contributed by atoms with van der Waals surface area (Å²) in [5.41, 5.74) is 0.834. The lowest BCUT2D eigenvalue weighted by molar-refractivity contribution is -0.0555. The zero-order valence-corrected chi connectivity index (χ0v) is 11.3. The van der Waals surface area contributed by atoms with Crippen LogP contribution >= 0.6 is 0 Å². The topological polar surface area (TPSA) is 51.2 Å². The fraction of sp³-hybridized carbons (Fsp3) is 0.571. The van der Waals surface area contributed by atoms with Crippen molar-refractivity contribution in [1.82, 2.24) is 4.90 Å². The number of phenolic OH excluding ortho intramolecular Hbond substituents is 1. The van der Waals surface area contributed by atoms with E-state index in [1.54, 1.807) is 6.07 Å². The summed E-state index contributed by atoms with van der Waals surface area (Å²) in [7, 11) is 0. The molecule has 0 amide bonds. The third kappa shape index (κ3) is 2.35. The standard InChI is InChI=1S/C14H19NO4/c1-14(2)8-17-4-3-15(14)7-10-5-12-13(6-11(10)16)19-9-18-12/h5-6,16H,3-4,7-9H2,1-2H3. The maximum Gasteiger partial charge on any atom is 0.231 e. The Morgan fingerprint density at radius 3 is 2.74 bits per heavy atom. The highest BCUT2D eigenvalue weighted by Crippen LogP contribution is 2.38. The van der Waals surface area contributed by atoms with Crippen LogP contribution in [0.5, 0.6) is 17.2 Å². The minimum atomic E-state index is -0.0267. The molecule has 1 N–H and O–H groups in total. The molecule has 3 rings (SSSR count). The Kier molecular flexibility index (Phi) is 3.03. The number of ether oxygens (including phenoxy) is 3. The smallest absolute Gasteiger partial charge is 0.231 e. The summed E-state index contributed by atoms with van der Waals surface area (Å²) in [6, 6.07) is 3.49. The molecular formula is C14H19NO4. The van der Waals surface area contributed by atoms with Gasteiger partial charge in [-0.1, -0.05) is 0 Å². The van der Waals surface area contributed by atoms with E-state index in [0.717, 1.165) is 18.7 Å². The lowest BCUT2D eigenvalue weighted by Gasteiger charge is -2.42. The van der Waals surface area contributed by atoms with Gasteiger partial charge in [-0.3, -0.25) is 4.90 Å². The minimum absolute atomic E-state index is 0.0267.